The minimum atomic E-state index is 0.650. The minimum Gasteiger partial charge on any atom is -0.219 e. The van der Waals surface area contributed by atoms with Crippen molar-refractivity contribution in [2.45, 2.75) is 6.54 Å². The molecule has 0 N–H and O–H groups in total. The van der Waals surface area contributed by atoms with Crippen molar-refractivity contribution < 1.29 is 0 Å². The topological polar surface area (TPSA) is 27.0 Å². The average Bonchev–Trinajstić information content (AvgIpc) is 2.03. The lowest BCUT2D eigenvalue weighted by Gasteiger charge is -2.05. The summed E-state index contributed by atoms with van der Waals surface area (Å²) in [6, 6.07) is 9.49. The second-order valence-corrected chi connectivity index (χ2v) is 3.15. The molecule has 1 rings (SSSR count). The highest BCUT2D eigenvalue weighted by Gasteiger charge is 1.97. The zero-order valence-corrected chi connectivity index (χ0v) is 7.54. The van der Waals surface area contributed by atoms with Gasteiger partial charge in [-0.25, -0.2) is 4.42 Å². The van der Waals surface area contributed by atoms with Crippen LogP contribution in [0, 0.1) is 11.3 Å². The molecule has 62 valence electrons. The van der Waals surface area contributed by atoms with Gasteiger partial charge in [0, 0.05) is 13.6 Å². The van der Waals surface area contributed by atoms with Crippen LogP contribution in [-0.4, -0.2) is 11.5 Å². The van der Waals surface area contributed by atoms with Gasteiger partial charge in [-0.3, -0.25) is 0 Å². The Labute approximate surface area is 77.1 Å². The van der Waals surface area contributed by atoms with E-state index in [9.17, 15) is 0 Å². The van der Waals surface area contributed by atoms with E-state index in [1.54, 1.807) is 17.5 Å². The third-order valence-electron chi connectivity index (χ3n) is 1.46. The van der Waals surface area contributed by atoms with Crippen molar-refractivity contribution in [3.8, 4) is 6.07 Å². The molecule has 0 aliphatic carbocycles. The van der Waals surface area contributed by atoms with Gasteiger partial charge in [-0.2, -0.15) is 5.26 Å². The Hall–Kier alpha value is -1.04. The van der Waals surface area contributed by atoms with E-state index in [0.29, 0.717) is 12.1 Å². The van der Waals surface area contributed by atoms with Crippen LogP contribution in [0.1, 0.15) is 11.1 Å². The van der Waals surface area contributed by atoms with Crippen LogP contribution in [0.5, 0.6) is 0 Å². The first kappa shape index (κ1) is 9.05. The van der Waals surface area contributed by atoms with E-state index in [1.807, 2.05) is 18.2 Å². The SMILES string of the molecule is CN(Cl)Cc1cccc(C#N)c1. The molecule has 1 aromatic rings. The van der Waals surface area contributed by atoms with E-state index in [2.05, 4.69) is 6.07 Å². The van der Waals surface area contributed by atoms with Crippen LogP contribution in [0.3, 0.4) is 0 Å². The van der Waals surface area contributed by atoms with Gasteiger partial charge in [0.1, 0.15) is 0 Å². The molecule has 0 amide bonds. The zero-order valence-electron chi connectivity index (χ0n) is 6.79. The van der Waals surface area contributed by atoms with Crippen LogP contribution in [0.25, 0.3) is 0 Å². The number of nitriles is 1. The highest BCUT2D eigenvalue weighted by molar-refractivity contribution is 6.13. The molecule has 1 aromatic carbocycles. The molecular weight excluding hydrogens is 172 g/mol. The van der Waals surface area contributed by atoms with Gasteiger partial charge >= 0.3 is 0 Å². The highest BCUT2D eigenvalue weighted by atomic mass is 35.5. The molecule has 0 radical (unpaired) electrons. The molecule has 2 nitrogen and oxygen atoms in total. The average molecular weight is 181 g/mol. The van der Waals surface area contributed by atoms with Gasteiger partial charge in [-0.15, -0.1) is 0 Å². The number of benzene rings is 1. The van der Waals surface area contributed by atoms with E-state index in [4.69, 9.17) is 17.0 Å². The molecule has 12 heavy (non-hydrogen) atoms. The number of rotatable bonds is 2. The quantitative estimate of drug-likeness (QED) is 0.653. The predicted octanol–water partition coefficient (Wildman–Crippen LogP) is 2.14. The molecular formula is C9H9ClN2. The van der Waals surface area contributed by atoms with Crippen LogP contribution in [0.4, 0.5) is 0 Å². The van der Waals surface area contributed by atoms with Crippen LogP contribution in [0.15, 0.2) is 24.3 Å². The fourth-order valence-corrected chi connectivity index (χ4v) is 1.13. The summed E-state index contributed by atoms with van der Waals surface area (Å²) in [5, 5.41) is 8.60. The molecule has 0 unspecified atom stereocenters. The molecule has 0 fully saturated rings. The largest absolute Gasteiger partial charge is 0.219 e. The van der Waals surface area contributed by atoms with Crippen molar-refractivity contribution in [2.24, 2.45) is 0 Å². The highest BCUT2D eigenvalue weighted by Crippen LogP contribution is 2.07. The van der Waals surface area contributed by atoms with E-state index in [1.165, 1.54) is 0 Å². The predicted molar refractivity (Wildman–Crippen MR) is 48.5 cm³/mol. The lowest BCUT2D eigenvalue weighted by atomic mass is 10.1. The summed E-state index contributed by atoms with van der Waals surface area (Å²) in [7, 11) is 1.78. The molecule has 0 atom stereocenters. The minimum absolute atomic E-state index is 0.650. The Balaban J connectivity index is 2.81. The number of nitrogens with zero attached hydrogens (tertiary/aromatic N) is 2. The van der Waals surface area contributed by atoms with Gasteiger partial charge < -0.3 is 0 Å². The normalized spacial score (nSPS) is 9.83. The molecule has 0 aliphatic heterocycles. The monoisotopic (exact) mass is 180 g/mol. The number of hydrogen-bond acceptors (Lipinski definition) is 2. The molecule has 0 saturated carbocycles. The van der Waals surface area contributed by atoms with Gasteiger partial charge in [-0.05, 0) is 29.5 Å². The number of hydrogen-bond donors (Lipinski definition) is 0. The van der Waals surface area contributed by atoms with Crippen molar-refractivity contribution >= 4 is 11.8 Å². The fourth-order valence-electron chi connectivity index (χ4n) is 0.991. The smallest absolute Gasteiger partial charge is 0.0991 e. The van der Waals surface area contributed by atoms with Gasteiger partial charge in [0.05, 0.1) is 11.6 Å². The Morgan fingerprint density at radius 1 is 1.58 bits per heavy atom. The summed E-state index contributed by atoms with van der Waals surface area (Å²) < 4.78 is 1.55. The summed E-state index contributed by atoms with van der Waals surface area (Å²) in [6.07, 6.45) is 0. The van der Waals surface area contributed by atoms with Crippen LogP contribution in [-0.2, 0) is 6.54 Å². The maximum Gasteiger partial charge on any atom is 0.0991 e. The first-order chi connectivity index (χ1) is 5.72. The molecule has 3 heteroatoms. The second kappa shape index (κ2) is 4.10. The van der Waals surface area contributed by atoms with Gasteiger partial charge in [0.15, 0.2) is 0 Å². The Kier molecular flexibility index (Phi) is 3.09. The van der Waals surface area contributed by atoms with Crippen molar-refractivity contribution in [3.05, 3.63) is 35.4 Å². The molecule has 0 spiro atoms. The summed E-state index contributed by atoms with van der Waals surface area (Å²) >= 11 is 5.66. The first-order valence-corrected chi connectivity index (χ1v) is 3.92. The summed E-state index contributed by atoms with van der Waals surface area (Å²) in [5.41, 5.74) is 1.72. The summed E-state index contributed by atoms with van der Waals surface area (Å²) in [5.74, 6) is 0. The van der Waals surface area contributed by atoms with Crippen molar-refractivity contribution in [2.75, 3.05) is 7.05 Å². The Bertz CT molecular complexity index is 302. The Morgan fingerprint density at radius 2 is 2.33 bits per heavy atom. The van der Waals surface area contributed by atoms with Crippen molar-refractivity contribution in [1.82, 2.24) is 4.42 Å². The van der Waals surface area contributed by atoms with Crippen LogP contribution >= 0.6 is 11.8 Å². The maximum absolute atomic E-state index is 8.60. The molecule has 0 aliphatic rings. The maximum atomic E-state index is 8.60. The lowest BCUT2D eigenvalue weighted by Crippen LogP contribution is -2.03. The zero-order chi connectivity index (χ0) is 8.97. The second-order valence-electron chi connectivity index (χ2n) is 2.58. The molecule has 0 bridgehead atoms. The van der Waals surface area contributed by atoms with E-state index in [0.717, 1.165) is 5.56 Å². The molecule has 0 heterocycles. The van der Waals surface area contributed by atoms with Crippen LogP contribution in [0.2, 0.25) is 0 Å². The van der Waals surface area contributed by atoms with Gasteiger partial charge in [-0.1, -0.05) is 12.1 Å². The molecule has 0 aromatic heterocycles. The first-order valence-electron chi connectivity index (χ1n) is 3.58. The summed E-state index contributed by atoms with van der Waals surface area (Å²) in [4.78, 5) is 0. The third kappa shape index (κ3) is 2.54. The Morgan fingerprint density at radius 3 is 2.92 bits per heavy atom. The van der Waals surface area contributed by atoms with Crippen molar-refractivity contribution in [1.29, 1.82) is 5.26 Å². The van der Waals surface area contributed by atoms with E-state index in [-0.39, 0.29) is 0 Å². The summed E-state index contributed by atoms with van der Waals surface area (Å²) in [6.45, 7) is 0.650. The third-order valence-corrected chi connectivity index (χ3v) is 1.58. The molecule has 0 saturated heterocycles. The van der Waals surface area contributed by atoms with Crippen molar-refractivity contribution in [3.63, 3.8) is 0 Å². The van der Waals surface area contributed by atoms with E-state index >= 15 is 0 Å². The standard InChI is InChI=1S/C9H9ClN2/c1-12(10)7-9-4-2-3-8(5-9)6-11/h2-5H,7H2,1H3. The van der Waals surface area contributed by atoms with Gasteiger partial charge in [0.25, 0.3) is 0 Å². The fraction of sp³-hybridized carbons (Fsp3) is 0.222. The lowest BCUT2D eigenvalue weighted by molar-refractivity contribution is 0.546. The van der Waals surface area contributed by atoms with E-state index < -0.39 is 0 Å². The van der Waals surface area contributed by atoms with Crippen LogP contribution < -0.4 is 0 Å². The number of halogens is 1. The van der Waals surface area contributed by atoms with Gasteiger partial charge in [0.2, 0.25) is 0 Å².